The molecule has 0 bridgehead atoms. The number of anilines is 1. The van der Waals surface area contributed by atoms with E-state index in [0.717, 1.165) is 0 Å². The summed E-state index contributed by atoms with van der Waals surface area (Å²) in [5.74, 6) is -0.629. The Morgan fingerprint density at radius 3 is 2.47 bits per heavy atom. The molecule has 1 aromatic rings. The molecule has 1 fully saturated rings. The molecule has 5 heteroatoms. The molecule has 5 nitrogen and oxygen atoms in total. The standard InChI is InChI=1S/C14H17NO4/c1-3-18-12-11(14(17)19-4-2)15(13(12)16)10-8-6-5-7-9-10/h5-9,11-12H,3-4H2,1-2H3/t11-,12+/m0/s1. The van der Waals surface area contributed by atoms with Gasteiger partial charge in [0.05, 0.1) is 6.61 Å². The molecular weight excluding hydrogens is 246 g/mol. The summed E-state index contributed by atoms with van der Waals surface area (Å²) in [7, 11) is 0. The lowest BCUT2D eigenvalue weighted by Crippen LogP contribution is -2.69. The van der Waals surface area contributed by atoms with Crippen LogP contribution in [0.3, 0.4) is 0 Å². The van der Waals surface area contributed by atoms with Crippen LogP contribution in [0.2, 0.25) is 0 Å². The number of nitrogens with zero attached hydrogens (tertiary/aromatic N) is 1. The second-order valence-corrected chi connectivity index (χ2v) is 4.12. The summed E-state index contributed by atoms with van der Waals surface area (Å²) in [6.45, 7) is 4.20. The molecule has 19 heavy (non-hydrogen) atoms. The maximum atomic E-state index is 12.1. The van der Waals surface area contributed by atoms with Crippen molar-refractivity contribution >= 4 is 17.6 Å². The monoisotopic (exact) mass is 263 g/mol. The Hall–Kier alpha value is -1.88. The fourth-order valence-corrected chi connectivity index (χ4v) is 2.14. The summed E-state index contributed by atoms with van der Waals surface area (Å²) in [5, 5.41) is 0. The van der Waals surface area contributed by atoms with Crippen molar-refractivity contribution in [3.05, 3.63) is 30.3 Å². The highest BCUT2D eigenvalue weighted by Gasteiger charge is 2.54. The SMILES string of the molecule is CCOC(=O)[C@@H]1[C@@H](OCC)C(=O)N1c1ccccc1. The number of carbonyl (C=O) groups excluding carboxylic acids is 2. The van der Waals surface area contributed by atoms with Gasteiger partial charge in [-0.2, -0.15) is 0 Å². The molecule has 0 aromatic heterocycles. The van der Waals surface area contributed by atoms with Crippen LogP contribution in [-0.2, 0) is 19.1 Å². The van der Waals surface area contributed by atoms with Crippen LogP contribution in [0.4, 0.5) is 5.69 Å². The first-order chi connectivity index (χ1) is 9.20. The molecule has 0 N–H and O–H groups in total. The maximum absolute atomic E-state index is 12.1. The second-order valence-electron chi connectivity index (χ2n) is 4.12. The first kappa shape index (κ1) is 13.5. The maximum Gasteiger partial charge on any atom is 0.332 e. The van der Waals surface area contributed by atoms with Gasteiger partial charge in [-0.1, -0.05) is 18.2 Å². The highest BCUT2D eigenvalue weighted by Crippen LogP contribution is 2.30. The van der Waals surface area contributed by atoms with E-state index in [2.05, 4.69) is 0 Å². The molecular formula is C14H17NO4. The fourth-order valence-electron chi connectivity index (χ4n) is 2.14. The Morgan fingerprint density at radius 1 is 1.21 bits per heavy atom. The largest absolute Gasteiger partial charge is 0.464 e. The van der Waals surface area contributed by atoms with Crippen LogP contribution in [0, 0.1) is 0 Å². The van der Waals surface area contributed by atoms with Gasteiger partial charge in [0.25, 0.3) is 5.91 Å². The van der Waals surface area contributed by atoms with Crippen LogP contribution in [0.15, 0.2) is 30.3 Å². The number of hydrogen-bond acceptors (Lipinski definition) is 4. The summed E-state index contributed by atoms with van der Waals surface area (Å²) >= 11 is 0. The lowest BCUT2D eigenvalue weighted by atomic mass is 9.96. The topological polar surface area (TPSA) is 55.8 Å². The number of rotatable bonds is 5. The Bertz CT molecular complexity index is 460. The van der Waals surface area contributed by atoms with Crippen molar-refractivity contribution in [3.8, 4) is 0 Å². The van der Waals surface area contributed by atoms with E-state index in [4.69, 9.17) is 9.47 Å². The zero-order valence-electron chi connectivity index (χ0n) is 11.0. The van der Waals surface area contributed by atoms with Crippen LogP contribution in [0.1, 0.15) is 13.8 Å². The highest BCUT2D eigenvalue weighted by molar-refractivity contribution is 6.12. The van der Waals surface area contributed by atoms with Crippen molar-refractivity contribution in [2.75, 3.05) is 18.1 Å². The molecule has 1 aromatic carbocycles. The number of carbonyl (C=O) groups is 2. The molecule has 0 unspecified atom stereocenters. The van der Waals surface area contributed by atoms with Crippen molar-refractivity contribution in [3.63, 3.8) is 0 Å². The minimum Gasteiger partial charge on any atom is -0.464 e. The third-order valence-electron chi connectivity index (χ3n) is 2.95. The molecule has 102 valence electrons. The van der Waals surface area contributed by atoms with E-state index in [9.17, 15) is 9.59 Å². The number of ether oxygens (including phenoxy) is 2. The number of hydrogen-bond donors (Lipinski definition) is 0. The van der Waals surface area contributed by atoms with E-state index < -0.39 is 18.1 Å². The summed E-state index contributed by atoms with van der Waals surface area (Å²) in [6, 6.07) is 8.37. The van der Waals surface area contributed by atoms with Crippen molar-refractivity contribution in [2.45, 2.75) is 26.0 Å². The lowest BCUT2D eigenvalue weighted by molar-refractivity contribution is -0.161. The smallest absolute Gasteiger partial charge is 0.332 e. The van der Waals surface area contributed by atoms with Crippen molar-refractivity contribution < 1.29 is 19.1 Å². The molecule has 0 aliphatic carbocycles. The van der Waals surface area contributed by atoms with Crippen LogP contribution >= 0.6 is 0 Å². The van der Waals surface area contributed by atoms with Crippen molar-refractivity contribution in [1.29, 1.82) is 0 Å². The first-order valence-electron chi connectivity index (χ1n) is 6.37. The molecule has 2 rings (SSSR count). The molecule has 0 radical (unpaired) electrons. The molecule has 1 aliphatic heterocycles. The molecule has 0 saturated carbocycles. The van der Waals surface area contributed by atoms with Gasteiger partial charge in [-0.3, -0.25) is 9.69 Å². The Kier molecular flexibility index (Phi) is 4.16. The van der Waals surface area contributed by atoms with Crippen LogP contribution in [-0.4, -0.2) is 37.2 Å². The summed E-state index contributed by atoms with van der Waals surface area (Å²) in [4.78, 5) is 25.4. The fraction of sp³-hybridized carbons (Fsp3) is 0.429. The van der Waals surface area contributed by atoms with Gasteiger partial charge in [0.15, 0.2) is 12.1 Å². The third kappa shape index (κ3) is 2.46. The molecule has 2 atom stereocenters. The van der Waals surface area contributed by atoms with Crippen LogP contribution in [0.5, 0.6) is 0 Å². The average molecular weight is 263 g/mol. The summed E-state index contributed by atoms with van der Waals surface area (Å²) < 4.78 is 10.3. The Balaban J connectivity index is 2.22. The Labute approximate surface area is 112 Å². The van der Waals surface area contributed by atoms with E-state index in [1.54, 1.807) is 26.0 Å². The second kappa shape index (κ2) is 5.84. The van der Waals surface area contributed by atoms with Gasteiger partial charge in [-0.25, -0.2) is 4.79 Å². The number of benzene rings is 1. The minimum absolute atomic E-state index is 0.203. The van der Waals surface area contributed by atoms with Gasteiger partial charge in [0, 0.05) is 12.3 Å². The van der Waals surface area contributed by atoms with E-state index in [1.165, 1.54) is 4.90 Å². The van der Waals surface area contributed by atoms with Gasteiger partial charge >= 0.3 is 5.97 Å². The third-order valence-corrected chi connectivity index (χ3v) is 2.95. The van der Waals surface area contributed by atoms with Crippen molar-refractivity contribution in [1.82, 2.24) is 0 Å². The van der Waals surface area contributed by atoms with Gasteiger partial charge in [0.2, 0.25) is 0 Å². The summed E-state index contributed by atoms with van der Waals surface area (Å²) in [5.41, 5.74) is 0.682. The zero-order valence-corrected chi connectivity index (χ0v) is 11.0. The molecule has 1 aliphatic rings. The molecule has 1 amide bonds. The van der Waals surface area contributed by atoms with Crippen LogP contribution < -0.4 is 4.90 Å². The normalized spacial score (nSPS) is 22.0. The van der Waals surface area contributed by atoms with Gasteiger partial charge in [-0.05, 0) is 26.0 Å². The number of para-hydroxylation sites is 1. The number of β-lactam (4-membered cyclic amide) rings is 1. The first-order valence-corrected chi connectivity index (χ1v) is 6.37. The van der Waals surface area contributed by atoms with Gasteiger partial charge in [-0.15, -0.1) is 0 Å². The highest BCUT2D eigenvalue weighted by atomic mass is 16.5. The van der Waals surface area contributed by atoms with E-state index >= 15 is 0 Å². The molecule has 1 saturated heterocycles. The quantitative estimate of drug-likeness (QED) is 0.594. The lowest BCUT2D eigenvalue weighted by Gasteiger charge is -2.44. The summed E-state index contributed by atoms with van der Waals surface area (Å²) in [6.07, 6.45) is -0.732. The predicted molar refractivity (Wildman–Crippen MR) is 69.8 cm³/mol. The molecule has 0 spiro atoms. The molecule has 1 heterocycles. The van der Waals surface area contributed by atoms with Crippen molar-refractivity contribution in [2.24, 2.45) is 0 Å². The number of esters is 1. The predicted octanol–water partition coefficient (Wildman–Crippen LogP) is 1.37. The average Bonchev–Trinajstić information content (AvgIpc) is 2.42. The van der Waals surface area contributed by atoms with E-state index in [1.807, 2.05) is 18.2 Å². The van der Waals surface area contributed by atoms with Gasteiger partial charge in [0.1, 0.15) is 0 Å². The number of amides is 1. The zero-order chi connectivity index (χ0) is 13.8. The Morgan fingerprint density at radius 2 is 1.89 bits per heavy atom. The van der Waals surface area contributed by atoms with Crippen LogP contribution in [0.25, 0.3) is 0 Å². The van der Waals surface area contributed by atoms with Gasteiger partial charge < -0.3 is 9.47 Å². The minimum atomic E-state index is -0.732. The van der Waals surface area contributed by atoms with E-state index in [-0.39, 0.29) is 12.5 Å². The van der Waals surface area contributed by atoms with E-state index in [0.29, 0.717) is 12.3 Å².